The molecule has 4 nitrogen and oxygen atoms in total. The highest BCUT2D eigenvalue weighted by Crippen LogP contribution is 2.28. The van der Waals surface area contributed by atoms with Crippen LogP contribution in [-0.4, -0.2) is 17.0 Å². The van der Waals surface area contributed by atoms with Crippen LogP contribution in [0.4, 0.5) is 5.13 Å². The summed E-state index contributed by atoms with van der Waals surface area (Å²) in [7, 11) is 0. The Morgan fingerprint density at radius 3 is 2.12 bits per heavy atom. The fraction of sp³-hybridized carbons (Fsp3) is 0.214. The fourth-order valence-corrected chi connectivity index (χ4v) is 4.15. The normalized spacial score (nSPS) is 12.2. The number of anilines is 1. The fourth-order valence-electron chi connectivity index (χ4n) is 3.43. The van der Waals surface area contributed by atoms with Crippen molar-refractivity contribution in [1.82, 2.24) is 4.98 Å². The van der Waals surface area contributed by atoms with E-state index >= 15 is 0 Å². The molecule has 0 bridgehead atoms. The van der Waals surface area contributed by atoms with Gasteiger partial charge in [0.25, 0.3) is 5.91 Å². The minimum absolute atomic E-state index is 0.0753. The third-order valence-corrected chi connectivity index (χ3v) is 6.18. The molecule has 4 rings (SSSR count). The Morgan fingerprint density at radius 2 is 1.48 bits per heavy atom. The highest BCUT2D eigenvalue weighted by atomic mass is 32.1. The van der Waals surface area contributed by atoms with Gasteiger partial charge in [-0.25, -0.2) is 4.98 Å². The maximum atomic E-state index is 12.6. The van der Waals surface area contributed by atoms with Crippen LogP contribution < -0.4 is 10.1 Å². The summed E-state index contributed by atoms with van der Waals surface area (Å²) in [6.45, 7) is 8.24. The molecule has 5 heteroatoms. The summed E-state index contributed by atoms with van der Waals surface area (Å²) in [5.74, 6) is 0.444. The Bertz CT molecular complexity index is 1210. The average molecular weight is 457 g/mol. The second kappa shape index (κ2) is 9.59. The van der Waals surface area contributed by atoms with Crippen LogP contribution in [0.3, 0.4) is 0 Å². The molecular weight excluding hydrogens is 428 g/mol. The van der Waals surface area contributed by atoms with Crippen LogP contribution in [0.2, 0.25) is 0 Å². The third kappa shape index (κ3) is 5.68. The number of thiazole rings is 1. The van der Waals surface area contributed by atoms with E-state index < -0.39 is 6.10 Å². The molecule has 1 atom stereocenters. The van der Waals surface area contributed by atoms with E-state index in [1.54, 1.807) is 6.92 Å². The van der Waals surface area contributed by atoms with Crippen molar-refractivity contribution in [3.05, 3.63) is 89.8 Å². The van der Waals surface area contributed by atoms with Crippen molar-refractivity contribution >= 4 is 22.4 Å². The van der Waals surface area contributed by atoms with Crippen LogP contribution in [0.5, 0.6) is 5.75 Å². The maximum Gasteiger partial charge on any atom is 0.266 e. The van der Waals surface area contributed by atoms with Crippen molar-refractivity contribution < 1.29 is 9.53 Å². The number of carbonyl (C=O) groups excluding carboxylic acids is 1. The second-order valence-corrected chi connectivity index (χ2v) is 9.86. The Hall–Kier alpha value is -3.44. The number of ether oxygens (including phenoxy) is 1. The molecule has 0 aliphatic carbocycles. The first-order chi connectivity index (χ1) is 15.8. The van der Waals surface area contributed by atoms with Gasteiger partial charge in [-0.15, -0.1) is 11.3 Å². The van der Waals surface area contributed by atoms with Crippen molar-refractivity contribution in [1.29, 1.82) is 0 Å². The lowest BCUT2D eigenvalue weighted by molar-refractivity contribution is -0.122. The molecule has 33 heavy (non-hydrogen) atoms. The van der Waals surface area contributed by atoms with Crippen molar-refractivity contribution in [3.8, 4) is 28.1 Å². The van der Waals surface area contributed by atoms with E-state index in [0.29, 0.717) is 10.9 Å². The number of nitrogens with one attached hydrogen (secondary N) is 1. The standard InChI is InChI=1S/C28H28N2O2S/c1-19(32-24-16-14-23(15-17-24)28(2,3)4)26(31)30-27-29-25(18-33-27)22-12-10-21(11-13-22)20-8-6-5-7-9-20/h5-19H,1-4H3,(H,29,30,31). The van der Waals surface area contributed by atoms with Crippen molar-refractivity contribution in [2.45, 2.75) is 39.2 Å². The van der Waals surface area contributed by atoms with E-state index in [1.807, 2.05) is 47.8 Å². The van der Waals surface area contributed by atoms with Crippen LogP contribution in [0.1, 0.15) is 33.3 Å². The number of hydrogen-bond donors (Lipinski definition) is 1. The predicted molar refractivity (Wildman–Crippen MR) is 137 cm³/mol. The molecular formula is C28H28N2O2S. The van der Waals surface area contributed by atoms with Gasteiger partial charge in [0.05, 0.1) is 5.69 Å². The van der Waals surface area contributed by atoms with Crippen molar-refractivity contribution in [2.24, 2.45) is 0 Å². The van der Waals surface area contributed by atoms with Crippen molar-refractivity contribution in [2.75, 3.05) is 5.32 Å². The Labute approximate surface area is 199 Å². The van der Waals surface area contributed by atoms with Crippen LogP contribution in [0.25, 0.3) is 22.4 Å². The minimum Gasteiger partial charge on any atom is -0.481 e. The summed E-state index contributed by atoms with van der Waals surface area (Å²) < 4.78 is 5.83. The molecule has 0 fully saturated rings. The summed E-state index contributed by atoms with van der Waals surface area (Å²) in [6, 6.07) is 26.4. The molecule has 0 saturated heterocycles. The molecule has 3 aromatic carbocycles. The number of carbonyl (C=O) groups is 1. The van der Waals surface area contributed by atoms with Crippen LogP contribution in [-0.2, 0) is 10.2 Å². The van der Waals surface area contributed by atoms with Crippen LogP contribution in [0.15, 0.2) is 84.2 Å². The van der Waals surface area contributed by atoms with Crippen LogP contribution >= 0.6 is 11.3 Å². The first-order valence-corrected chi connectivity index (χ1v) is 11.9. The van der Waals surface area contributed by atoms with Gasteiger partial charge in [-0.05, 0) is 41.2 Å². The lowest BCUT2D eigenvalue weighted by Gasteiger charge is -2.20. The lowest BCUT2D eigenvalue weighted by atomic mass is 9.87. The summed E-state index contributed by atoms with van der Waals surface area (Å²) in [5.41, 5.74) is 5.48. The van der Waals surface area contributed by atoms with Crippen LogP contribution in [0, 0.1) is 0 Å². The molecule has 1 aromatic heterocycles. The molecule has 0 aliphatic rings. The monoisotopic (exact) mass is 456 g/mol. The number of amides is 1. The van der Waals surface area contributed by atoms with E-state index in [-0.39, 0.29) is 11.3 Å². The zero-order valence-corrected chi connectivity index (χ0v) is 20.1. The number of benzene rings is 3. The third-order valence-electron chi connectivity index (χ3n) is 5.42. The summed E-state index contributed by atoms with van der Waals surface area (Å²) in [6.07, 6.45) is -0.636. The quantitative estimate of drug-likeness (QED) is 0.334. The Kier molecular flexibility index (Phi) is 6.61. The molecule has 1 heterocycles. The molecule has 4 aromatic rings. The Morgan fingerprint density at radius 1 is 0.879 bits per heavy atom. The van der Waals surface area contributed by atoms with E-state index in [2.05, 4.69) is 67.5 Å². The van der Waals surface area contributed by atoms with Gasteiger partial charge in [-0.1, -0.05) is 87.5 Å². The maximum absolute atomic E-state index is 12.6. The molecule has 0 aliphatic heterocycles. The first kappa shape index (κ1) is 22.7. The topological polar surface area (TPSA) is 51.2 Å². The van der Waals surface area contributed by atoms with E-state index in [1.165, 1.54) is 22.5 Å². The number of nitrogens with zero attached hydrogens (tertiary/aromatic N) is 1. The first-order valence-electron chi connectivity index (χ1n) is 11.0. The molecule has 1 amide bonds. The predicted octanol–water partition coefficient (Wildman–Crippen LogP) is 7.18. The molecule has 1 unspecified atom stereocenters. The van der Waals surface area contributed by atoms with E-state index in [4.69, 9.17) is 4.74 Å². The molecule has 1 N–H and O–H groups in total. The average Bonchev–Trinajstić information content (AvgIpc) is 3.28. The van der Waals surface area contributed by atoms with E-state index in [0.717, 1.165) is 16.8 Å². The van der Waals surface area contributed by atoms with Crippen molar-refractivity contribution in [3.63, 3.8) is 0 Å². The smallest absolute Gasteiger partial charge is 0.266 e. The zero-order valence-electron chi connectivity index (χ0n) is 19.3. The minimum atomic E-state index is -0.636. The SMILES string of the molecule is CC(Oc1ccc(C(C)(C)C)cc1)C(=O)Nc1nc(-c2ccc(-c3ccccc3)cc2)cs1. The Balaban J connectivity index is 1.37. The number of hydrogen-bond acceptors (Lipinski definition) is 4. The molecule has 0 radical (unpaired) electrons. The van der Waals surface area contributed by atoms with Gasteiger partial charge in [0.1, 0.15) is 5.75 Å². The molecule has 0 spiro atoms. The lowest BCUT2D eigenvalue weighted by Crippen LogP contribution is -2.30. The highest BCUT2D eigenvalue weighted by Gasteiger charge is 2.18. The van der Waals surface area contributed by atoms with Gasteiger partial charge in [-0.3, -0.25) is 10.1 Å². The van der Waals surface area contributed by atoms with Gasteiger partial charge < -0.3 is 4.74 Å². The highest BCUT2D eigenvalue weighted by molar-refractivity contribution is 7.14. The summed E-state index contributed by atoms with van der Waals surface area (Å²) >= 11 is 1.40. The molecule has 0 saturated carbocycles. The zero-order chi connectivity index (χ0) is 23.4. The van der Waals surface area contributed by atoms with Gasteiger partial charge in [0.15, 0.2) is 11.2 Å². The van der Waals surface area contributed by atoms with E-state index in [9.17, 15) is 4.79 Å². The summed E-state index contributed by atoms with van der Waals surface area (Å²) in [5, 5.41) is 5.37. The van der Waals surface area contributed by atoms with Gasteiger partial charge >= 0.3 is 0 Å². The number of aromatic nitrogens is 1. The largest absolute Gasteiger partial charge is 0.481 e. The number of rotatable bonds is 6. The molecule has 168 valence electrons. The van der Waals surface area contributed by atoms with Gasteiger partial charge in [0, 0.05) is 10.9 Å². The second-order valence-electron chi connectivity index (χ2n) is 9.00. The van der Waals surface area contributed by atoms with Gasteiger partial charge in [0.2, 0.25) is 0 Å². The summed E-state index contributed by atoms with van der Waals surface area (Å²) in [4.78, 5) is 17.2. The van der Waals surface area contributed by atoms with Gasteiger partial charge in [-0.2, -0.15) is 0 Å².